The van der Waals surface area contributed by atoms with Gasteiger partial charge in [-0.3, -0.25) is 4.90 Å². The zero-order valence-corrected chi connectivity index (χ0v) is 30.0. The van der Waals surface area contributed by atoms with E-state index in [1.54, 1.807) is 26.2 Å². The second kappa shape index (κ2) is 16.1. The average Bonchev–Trinajstić information content (AvgIpc) is 3.71. The predicted molar refractivity (Wildman–Crippen MR) is 184 cm³/mol. The summed E-state index contributed by atoms with van der Waals surface area (Å²) in [4.78, 5) is 27.7. The summed E-state index contributed by atoms with van der Waals surface area (Å²) >= 11 is 0. The zero-order chi connectivity index (χ0) is 36.1. The summed E-state index contributed by atoms with van der Waals surface area (Å²) in [5.41, 5.74) is 0.176. The molecule has 2 aromatic rings. The highest BCUT2D eigenvalue weighted by Gasteiger charge is 2.49. The van der Waals surface area contributed by atoms with Gasteiger partial charge < -0.3 is 39.4 Å². The Kier molecular flexibility index (Phi) is 12.2. The molecule has 3 N–H and O–H groups in total. The fourth-order valence-electron chi connectivity index (χ4n) is 6.98. The molecular weight excluding hydrogens is 668 g/mol. The van der Waals surface area contributed by atoms with Crippen LogP contribution in [0.1, 0.15) is 38.7 Å². The Morgan fingerprint density at radius 1 is 1.02 bits per heavy atom. The number of benzene rings is 2. The van der Waals surface area contributed by atoms with Gasteiger partial charge in [-0.15, -0.1) is 0 Å². The lowest BCUT2D eigenvalue weighted by atomic mass is 9.87. The van der Waals surface area contributed by atoms with Crippen LogP contribution in [0.5, 0.6) is 11.5 Å². The van der Waals surface area contributed by atoms with E-state index in [0.717, 1.165) is 5.56 Å². The maximum atomic E-state index is 14.7. The van der Waals surface area contributed by atoms with Crippen LogP contribution in [0, 0.1) is 11.3 Å². The third kappa shape index (κ3) is 8.80. The first kappa shape index (κ1) is 37.6. The van der Waals surface area contributed by atoms with Crippen LogP contribution < -0.4 is 14.8 Å². The van der Waals surface area contributed by atoms with Crippen LogP contribution in [0.2, 0.25) is 0 Å². The molecule has 15 heteroatoms. The summed E-state index contributed by atoms with van der Waals surface area (Å²) < 4.78 is 53.5. The molecule has 3 amide bonds. The number of ether oxygens (including phenoxy) is 4. The van der Waals surface area contributed by atoms with Crippen molar-refractivity contribution < 1.29 is 47.2 Å². The minimum Gasteiger partial charge on any atom is -0.486 e. The van der Waals surface area contributed by atoms with E-state index in [0.29, 0.717) is 38.2 Å². The first-order chi connectivity index (χ1) is 23.8. The summed E-state index contributed by atoms with van der Waals surface area (Å²) in [5.74, 6) is 0.199. The van der Waals surface area contributed by atoms with Crippen molar-refractivity contribution in [2.24, 2.45) is 11.3 Å². The number of nitrogens with zero attached hydrogens (tertiary/aromatic N) is 3. The molecule has 0 spiro atoms. The Morgan fingerprint density at radius 2 is 1.76 bits per heavy atom. The smallest absolute Gasteiger partial charge is 0.407 e. The van der Waals surface area contributed by atoms with Gasteiger partial charge in [-0.05, 0) is 48.8 Å². The van der Waals surface area contributed by atoms with Gasteiger partial charge in [-0.1, -0.05) is 50.2 Å². The largest absolute Gasteiger partial charge is 0.486 e. The van der Waals surface area contributed by atoms with Crippen molar-refractivity contribution in [2.75, 3.05) is 60.2 Å². The Morgan fingerprint density at radius 3 is 2.48 bits per heavy atom. The number of hydrogen-bond acceptors (Lipinski definition) is 9. The summed E-state index contributed by atoms with van der Waals surface area (Å²) in [5, 5.41) is 25.6. The van der Waals surface area contributed by atoms with E-state index in [9.17, 15) is 28.2 Å². The molecule has 3 aliphatic heterocycles. The fourth-order valence-corrected chi connectivity index (χ4v) is 8.77. The minimum atomic E-state index is -4.33. The van der Waals surface area contributed by atoms with Crippen LogP contribution in [-0.4, -0.2) is 129 Å². The highest BCUT2D eigenvalue weighted by molar-refractivity contribution is 7.89. The molecule has 0 unspecified atom stereocenters. The number of urea groups is 1. The first-order valence-electron chi connectivity index (χ1n) is 17.1. The molecule has 3 aliphatic rings. The summed E-state index contributed by atoms with van der Waals surface area (Å²) in [6.07, 6.45) is -1.31. The molecule has 0 aromatic heterocycles. The maximum Gasteiger partial charge on any atom is 0.407 e. The second-order valence-electron chi connectivity index (χ2n) is 14.1. The van der Waals surface area contributed by atoms with Crippen LogP contribution in [0.25, 0.3) is 0 Å². The van der Waals surface area contributed by atoms with Gasteiger partial charge in [0.1, 0.15) is 18.1 Å². The van der Waals surface area contributed by atoms with Crippen molar-refractivity contribution in [3.63, 3.8) is 0 Å². The van der Waals surface area contributed by atoms with Gasteiger partial charge >= 0.3 is 12.1 Å². The number of carbonyl (C=O) groups excluding carboxylic acids is 1. The standard InChI is InChI=1S/C35H50N4O10S/c1-35(2,15-9-16-36-33(41)37(3)4)23-38(50(44,45)30-13-8-12-29-31(30)47-19-18-46-29)21-28(40)26(20-24-10-6-5-7-11-24)39(34(42)43)27-22-49-32-25(27)14-17-48-32/h5-8,10-13,25-28,32,40H,9,14-23H2,1-4H3,(H,36,41)(H,42,43)/t25-,26-,27-,28+,32+/m0/s1. The monoisotopic (exact) mass is 718 g/mol. The molecule has 276 valence electrons. The summed E-state index contributed by atoms with van der Waals surface area (Å²) in [6, 6.07) is 12.1. The van der Waals surface area contributed by atoms with Crippen molar-refractivity contribution in [1.29, 1.82) is 0 Å². The molecule has 50 heavy (non-hydrogen) atoms. The summed E-state index contributed by atoms with van der Waals surface area (Å²) in [7, 11) is -1.02. The maximum absolute atomic E-state index is 14.7. The minimum absolute atomic E-state index is 0.00521. The normalized spacial score (nSPS) is 21.4. The molecule has 2 aromatic carbocycles. The Labute approximate surface area is 294 Å². The lowest BCUT2D eigenvalue weighted by molar-refractivity contribution is -0.0906. The van der Waals surface area contributed by atoms with E-state index in [1.807, 2.05) is 44.2 Å². The van der Waals surface area contributed by atoms with Crippen LogP contribution in [-0.2, 0) is 25.9 Å². The van der Waals surface area contributed by atoms with E-state index < -0.39 is 52.6 Å². The van der Waals surface area contributed by atoms with E-state index in [2.05, 4.69) is 5.32 Å². The van der Waals surface area contributed by atoms with Gasteiger partial charge in [0, 0.05) is 39.6 Å². The molecule has 0 aliphatic carbocycles. The molecule has 2 fully saturated rings. The molecule has 2 saturated heterocycles. The highest BCUT2D eigenvalue weighted by Crippen LogP contribution is 2.40. The molecule has 5 atom stereocenters. The average molecular weight is 719 g/mol. The molecular formula is C35H50N4O10S. The molecule has 5 rings (SSSR count). The molecule has 0 radical (unpaired) electrons. The van der Waals surface area contributed by atoms with E-state index in [-0.39, 0.29) is 55.4 Å². The molecule has 3 heterocycles. The number of aliphatic hydroxyl groups is 1. The van der Waals surface area contributed by atoms with E-state index >= 15 is 0 Å². The van der Waals surface area contributed by atoms with Gasteiger partial charge in [0.2, 0.25) is 10.0 Å². The topological polar surface area (TPSA) is 167 Å². The van der Waals surface area contributed by atoms with Crippen LogP contribution in [0.15, 0.2) is 53.4 Å². The number of amides is 3. The van der Waals surface area contributed by atoms with Crippen molar-refractivity contribution in [3.8, 4) is 11.5 Å². The quantitative estimate of drug-likeness (QED) is 0.233. The van der Waals surface area contributed by atoms with Crippen LogP contribution in [0.3, 0.4) is 0 Å². The van der Waals surface area contributed by atoms with Gasteiger partial charge in [0.15, 0.2) is 17.8 Å². The number of nitrogens with one attached hydrogen (secondary N) is 1. The van der Waals surface area contributed by atoms with Gasteiger partial charge in [-0.2, -0.15) is 4.31 Å². The van der Waals surface area contributed by atoms with E-state index in [4.69, 9.17) is 18.9 Å². The molecule has 0 saturated carbocycles. The third-order valence-corrected chi connectivity index (χ3v) is 11.4. The van der Waals surface area contributed by atoms with Gasteiger partial charge in [-0.25, -0.2) is 18.0 Å². The number of para-hydroxylation sites is 1. The zero-order valence-electron chi connectivity index (χ0n) is 29.2. The number of hydrogen-bond donors (Lipinski definition) is 3. The lowest BCUT2D eigenvalue weighted by Crippen LogP contribution is -2.58. The predicted octanol–water partition coefficient (Wildman–Crippen LogP) is 3.24. The van der Waals surface area contributed by atoms with Gasteiger partial charge in [0.25, 0.3) is 0 Å². The number of fused-ring (bicyclic) bond motifs is 2. The Bertz CT molecular complexity index is 1570. The lowest BCUT2D eigenvalue weighted by Gasteiger charge is -2.40. The number of aliphatic hydroxyl groups excluding tert-OH is 1. The SMILES string of the molecule is CN(C)C(=O)NCCCC(C)(C)CN(C[C@@H](O)[C@H](Cc1ccccc1)N(C(=O)O)[C@H]1CO[C@H]2OCC[C@H]21)S(=O)(=O)c1cccc2c1OCCO2. The molecule has 14 nitrogen and oxygen atoms in total. The number of carboxylic acid groups (broad SMARTS) is 1. The van der Waals surface area contributed by atoms with Crippen LogP contribution >= 0.6 is 0 Å². The van der Waals surface area contributed by atoms with Crippen molar-refractivity contribution >= 4 is 22.1 Å². The van der Waals surface area contributed by atoms with Crippen molar-refractivity contribution in [3.05, 3.63) is 54.1 Å². The Balaban J connectivity index is 1.47. The summed E-state index contributed by atoms with van der Waals surface area (Å²) in [6.45, 7) is 4.85. The van der Waals surface area contributed by atoms with Crippen molar-refractivity contribution in [2.45, 2.75) is 68.9 Å². The number of carbonyl (C=O) groups is 2. The number of rotatable bonds is 15. The number of sulfonamides is 1. The highest BCUT2D eigenvalue weighted by atomic mass is 32.2. The van der Waals surface area contributed by atoms with E-state index in [1.165, 1.54) is 20.2 Å². The van der Waals surface area contributed by atoms with Crippen molar-refractivity contribution in [1.82, 2.24) is 19.4 Å². The van der Waals surface area contributed by atoms with Gasteiger partial charge in [0.05, 0.1) is 31.4 Å². The fraction of sp³-hybridized carbons (Fsp3) is 0.600. The van der Waals surface area contributed by atoms with Crippen LogP contribution in [0.4, 0.5) is 9.59 Å². The Hall–Kier alpha value is -3.63. The first-order valence-corrected chi connectivity index (χ1v) is 18.5. The third-order valence-electron chi connectivity index (χ3n) is 9.53. The second-order valence-corrected chi connectivity index (χ2v) is 16.0. The molecule has 0 bridgehead atoms.